The third-order valence-electron chi connectivity index (χ3n) is 3.13. The zero-order valence-electron chi connectivity index (χ0n) is 12.2. The third kappa shape index (κ3) is 3.02. The van der Waals surface area contributed by atoms with Gasteiger partial charge in [-0.1, -0.05) is 28.4 Å². The van der Waals surface area contributed by atoms with Crippen LogP contribution in [0.25, 0.3) is 10.1 Å². The van der Waals surface area contributed by atoms with Crippen LogP contribution in [0.15, 0.2) is 22.7 Å². The van der Waals surface area contributed by atoms with E-state index in [1.807, 2.05) is 0 Å². The molecule has 0 amide bonds. The number of ether oxygens (including phenoxy) is 2. The van der Waals surface area contributed by atoms with Gasteiger partial charge >= 0.3 is 5.97 Å². The highest BCUT2D eigenvalue weighted by Gasteiger charge is 2.21. The van der Waals surface area contributed by atoms with Crippen LogP contribution in [0, 0.1) is 6.92 Å². The lowest BCUT2D eigenvalue weighted by Crippen LogP contribution is -2.03. The average Bonchev–Trinajstić information content (AvgIpc) is 3.10. The molecule has 0 radical (unpaired) electrons. The van der Waals surface area contributed by atoms with Gasteiger partial charge in [-0.2, -0.15) is 0 Å². The summed E-state index contributed by atoms with van der Waals surface area (Å²) >= 11 is 13.7. The van der Waals surface area contributed by atoms with E-state index in [0.717, 1.165) is 0 Å². The van der Waals surface area contributed by atoms with Gasteiger partial charge in [-0.15, -0.1) is 11.3 Å². The summed E-state index contributed by atoms with van der Waals surface area (Å²) in [4.78, 5) is 12.5. The average molecular weight is 372 g/mol. The smallest absolute Gasteiger partial charge is 0.350 e. The lowest BCUT2D eigenvalue weighted by molar-refractivity contribution is 0.0470. The number of aryl methyl sites for hydroxylation is 1. The van der Waals surface area contributed by atoms with Gasteiger partial charge < -0.3 is 14.0 Å². The van der Waals surface area contributed by atoms with E-state index in [1.54, 1.807) is 25.1 Å². The molecule has 0 saturated carbocycles. The molecule has 23 heavy (non-hydrogen) atoms. The number of fused-ring (bicyclic) bond motifs is 1. The molecule has 0 bridgehead atoms. The van der Waals surface area contributed by atoms with Gasteiger partial charge in [0.15, 0.2) is 0 Å². The second kappa shape index (κ2) is 6.39. The zero-order chi connectivity index (χ0) is 16.6. The summed E-state index contributed by atoms with van der Waals surface area (Å²) in [7, 11) is 1.53. The third-order valence-corrected chi connectivity index (χ3v) is 5.33. The normalized spacial score (nSPS) is 11.0. The van der Waals surface area contributed by atoms with Crippen LogP contribution in [-0.2, 0) is 11.3 Å². The Morgan fingerprint density at radius 1 is 1.35 bits per heavy atom. The summed E-state index contributed by atoms with van der Waals surface area (Å²) in [5.41, 5.74) is 0.535. The lowest BCUT2D eigenvalue weighted by atomic mass is 10.2. The van der Waals surface area contributed by atoms with Crippen LogP contribution in [-0.4, -0.2) is 18.2 Å². The van der Waals surface area contributed by atoms with Gasteiger partial charge in [0.2, 0.25) is 0 Å². The maximum absolute atomic E-state index is 12.3. The molecule has 0 aliphatic carbocycles. The maximum Gasteiger partial charge on any atom is 0.350 e. The molecule has 8 heteroatoms. The monoisotopic (exact) mass is 371 g/mol. The molecule has 2 aromatic heterocycles. The van der Waals surface area contributed by atoms with Crippen molar-refractivity contribution >= 4 is 50.6 Å². The summed E-state index contributed by atoms with van der Waals surface area (Å²) in [5.74, 6) is 0.636. The highest BCUT2D eigenvalue weighted by Crippen LogP contribution is 2.43. The van der Waals surface area contributed by atoms with Gasteiger partial charge in [0.1, 0.15) is 33.7 Å². The van der Waals surface area contributed by atoms with Crippen molar-refractivity contribution in [3.63, 3.8) is 0 Å². The molecule has 0 N–H and O–H groups in total. The van der Waals surface area contributed by atoms with Gasteiger partial charge in [-0.3, -0.25) is 0 Å². The molecule has 0 atom stereocenters. The molecule has 0 unspecified atom stereocenters. The van der Waals surface area contributed by atoms with Crippen molar-refractivity contribution in [2.45, 2.75) is 13.5 Å². The quantitative estimate of drug-likeness (QED) is 0.612. The van der Waals surface area contributed by atoms with Gasteiger partial charge in [-0.05, 0) is 19.1 Å². The Balaban J connectivity index is 1.88. The topological polar surface area (TPSA) is 61.6 Å². The van der Waals surface area contributed by atoms with Crippen molar-refractivity contribution in [1.82, 2.24) is 5.16 Å². The number of nitrogens with zero attached hydrogens (tertiary/aromatic N) is 1. The first-order chi connectivity index (χ1) is 11.0. The van der Waals surface area contributed by atoms with Crippen molar-refractivity contribution in [3.8, 4) is 5.75 Å². The van der Waals surface area contributed by atoms with Gasteiger partial charge in [0.05, 0.1) is 16.8 Å². The van der Waals surface area contributed by atoms with Crippen LogP contribution in [0.1, 0.15) is 21.1 Å². The van der Waals surface area contributed by atoms with Gasteiger partial charge in [-0.25, -0.2) is 4.79 Å². The molecule has 1 aromatic carbocycles. The number of hydrogen-bond donors (Lipinski definition) is 0. The van der Waals surface area contributed by atoms with Crippen molar-refractivity contribution in [2.75, 3.05) is 7.11 Å². The highest BCUT2D eigenvalue weighted by atomic mass is 35.5. The van der Waals surface area contributed by atoms with Crippen LogP contribution in [0.5, 0.6) is 5.75 Å². The number of benzene rings is 1. The number of esters is 1. The summed E-state index contributed by atoms with van der Waals surface area (Å²) in [6.45, 7) is 1.77. The van der Waals surface area contributed by atoms with Crippen molar-refractivity contribution in [1.29, 1.82) is 0 Å². The molecule has 0 aliphatic rings. The van der Waals surface area contributed by atoms with Gasteiger partial charge in [0, 0.05) is 11.5 Å². The minimum absolute atomic E-state index is 0.0117. The first-order valence-corrected chi connectivity index (χ1v) is 8.12. The number of carbonyl (C=O) groups excluding carboxylic acids is 1. The molecule has 0 saturated heterocycles. The molecular formula is C15H11Cl2NO4S. The van der Waals surface area contributed by atoms with Crippen LogP contribution in [0.4, 0.5) is 0 Å². The van der Waals surface area contributed by atoms with Crippen LogP contribution in [0.3, 0.4) is 0 Å². The van der Waals surface area contributed by atoms with E-state index in [0.29, 0.717) is 37.3 Å². The Labute approximate surface area is 145 Å². The largest absolute Gasteiger partial charge is 0.495 e. The van der Waals surface area contributed by atoms with E-state index in [-0.39, 0.29) is 11.5 Å². The Morgan fingerprint density at radius 3 is 2.78 bits per heavy atom. The Bertz CT molecular complexity index is 887. The van der Waals surface area contributed by atoms with Gasteiger partial charge in [0.25, 0.3) is 0 Å². The number of hydrogen-bond acceptors (Lipinski definition) is 6. The fourth-order valence-electron chi connectivity index (χ4n) is 2.06. The molecule has 0 spiro atoms. The summed E-state index contributed by atoms with van der Waals surface area (Å²) in [6.07, 6.45) is 0. The summed E-state index contributed by atoms with van der Waals surface area (Å²) < 4.78 is 16.0. The highest BCUT2D eigenvalue weighted by molar-refractivity contribution is 7.22. The molecule has 0 aliphatic heterocycles. The minimum atomic E-state index is -0.535. The second-order valence-electron chi connectivity index (χ2n) is 4.71. The lowest BCUT2D eigenvalue weighted by Gasteiger charge is -2.02. The number of methoxy groups -OCH3 is 1. The predicted octanol–water partition coefficient (Wildman–Crippen LogP) is 4.87. The molecular weight excluding hydrogens is 361 g/mol. The number of aromatic nitrogens is 1. The molecule has 2 heterocycles. The Kier molecular flexibility index (Phi) is 4.48. The molecule has 120 valence electrons. The van der Waals surface area contributed by atoms with Crippen molar-refractivity contribution in [3.05, 3.63) is 44.6 Å². The summed E-state index contributed by atoms with van der Waals surface area (Å²) in [5, 5.41) is 5.19. The zero-order valence-corrected chi connectivity index (χ0v) is 14.5. The fourth-order valence-corrected chi connectivity index (χ4v) is 3.84. The molecule has 3 rings (SSSR count). The molecule has 0 fully saturated rings. The first-order valence-electron chi connectivity index (χ1n) is 6.55. The van der Waals surface area contributed by atoms with Crippen LogP contribution in [0.2, 0.25) is 10.0 Å². The van der Waals surface area contributed by atoms with E-state index >= 15 is 0 Å². The van der Waals surface area contributed by atoms with Crippen LogP contribution < -0.4 is 4.74 Å². The minimum Gasteiger partial charge on any atom is -0.495 e. The molecule has 3 aromatic rings. The van der Waals surface area contributed by atoms with E-state index in [9.17, 15) is 4.79 Å². The number of rotatable bonds is 4. The summed E-state index contributed by atoms with van der Waals surface area (Å²) in [6, 6.07) is 5.16. The number of carbonyl (C=O) groups is 1. The maximum atomic E-state index is 12.3. The fraction of sp³-hybridized carbons (Fsp3) is 0.200. The van der Waals surface area contributed by atoms with Crippen molar-refractivity contribution in [2.24, 2.45) is 0 Å². The predicted molar refractivity (Wildman–Crippen MR) is 88.8 cm³/mol. The second-order valence-corrected chi connectivity index (χ2v) is 6.49. The Hall–Kier alpha value is -1.76. The first kappa shape index (κ1) is 16.1. The van der Waals surface area contributed by atoms with E-state index in [1.165, 1.54) is 18.4 Å². The van der Waals surface area contributed by atoms with E-state index in [2.05, 4.69) is 5.16 Å². The van der Waals surface area contributed by atoms with E-state index in [4.69, 9.17) is 37.2 Å². The Morgan fingerprint density at radius 2 is 2.13 bits per heavy atom. The molecule has 5 nitrogen and oxygen atoms in total. The SMILES string of the molecule is COc1ccc2c(Cl)c(C(=O)OCc3cc(C)on3)sc2c1Cl. The van der Waals surface area contributed by atoms with Crippen LogP contribution >= 0.6 is 34.5 Å². The number of halogens is 2. The standard InChI is InChI=1S/C15H11Cl2NO4S/c1-7-5-8(18-22-7)6-21-15(19)14-11(16)9-3-4-10(20-2)12(17)13(9)23-14/h3-5H,6H2,1-2H3. The van der Waals surface area contributed by atoms with Crippen molar-refractivity contribution < 1.29 is 18.8 Å². The van der Waals surface area contributed by atoms with E-state index < -0.39 is 5.97 Å². The number of thiophene rings is 1.